The van der Waals surface area contributed by atoms with Gasteiger partial charge in [0.05, 0.1) is 11.7 Å². The van der Waals surface area contributed by atoms with Crippen LogP contribution in [0, 0.1) is 0 Å². The van der Waals surface area contributed by atoms with Gasteiger partial charge in [0.2, 0.25) is 10.0 Å². The molecule has 7 heteroatoms. The summed E-state index contributed by atoms with van der Waals surface area (Å²) in [6.45, 7) is 1.94. The van der Waals surface area contributed by atoms with Crippen LogP contribution in [0.3, 0.4) is 0 Å². The van der Waals surface area contributed by atoms with E-state index in [2.05, 4.69) is 10.1 Å². The highest BCUT2D eigenvalue weighted by Gasteiger charge is 2.23. The Labute approximate surface area is 122 Å². The van der Waals surface area contributed by atoms with Crippen LogP contribution in [0.4, 0.5) is 5.69 Å². The van der Waals surface area contributed by atoms with Crippen molar-refractivity contribution in [3.8, 4) is 0 Å². The fourth-order valence-electron chi connectivity index (χ4n) is 1.90. The van der Waals surface area contributed by atoms with Crippen LogP contribution in [0.2, 0.25) is 0 Å². The zero-order chi connectivity index (χ0) is 14.6. The summed E-state index contributed by atoms with van der Waals surface area (Å²) in [5.41, 5.74) is 2.79. The van der Waals surface area contributed by atoms with Gasteiger partial charge in [-0.1, -0.05) is 25.1 Å². The maximum Gasteiger partial charge on any atom is 0.243 e. The average Bonchev–Trinajstić information content (AvgIpc) is 2.98. The predicted molar refractivity (Wildman–Crippen MR) is 81.9 cm³/mol. The molecule has 0 spiro atoms. The van der Waals surface area contributed by atoms with Gasteiger partial charge in [-0.25, -0.2) is 13.1 Å². The monoisotopic (exact) mass is 311 g/mol. The van der Waals surface area contributed by atoms with Crippen LogP contribution in [-0.2, 0) is 10.0 Å². The van der Waals surface area contributed by atoms with Crippen LogP contribution in [-0.4, -0.2) is 8.42 Å². The van der Waals surface area contributed by atoms with Gasteiger partial charge in [-0.2, -0.15) is 0 Å². The van der Waals surface area contributed by atoms with Crippen molar-refractivity contribution in [1.29, 1.82) is 0 Å². The van der Waals surface area contributed by atoms with E-state index in [1.165, 1.54) is 17.4 Å². The number of hydrogen-bond donors (Lipinski definition) is 3. The standard InChI is InChI=1S/C13H17N3O2S2/c1-2-10(12-7-5-9-19-12)16-20(17,18)13-8-4-3-6-11(13)15-14/h3-10,15-16H,2,14H2,1H3. The highest BCUT2D eigenvalue weighted by Crippen LogP contribution is 2.26. The number of sulfonamides is 1. The summed E-state index contributed by atoms with van der Waals surface area (Å²) < 4.78 is 27.7. The number of nitrogens with two attached hydrogens (primary N) is 1. The number of para-hydroxylation sites is 1. The average molecular weight is 311 g/mol. The van der Waals surface area contributed by atoms with Crippen LogP contribution in [0.15, 0.2) is 46.7 Å². The van der Waals surface area contributed by atoms with Crippen LogP contribution in [0.5, 0.6) is 0 Å². The minimum absolute atomic E-state index is 0.150. The molecule has 1 atom stereocenters. The summed E-state index contributed by atoms with van der Waals surface area (Å²) in [7, 11) is -3.63. The van der Waals surface area contributed by atoms with Crippen molar-refractivity contribution in [2.45, 2.75) is 24.3 Å². The number of nitrogen functional groups attached to an aromatic ring is 1. The van der Waals surface area contributed by atoms with Crippen molar-refractivity contribution in [2.75, 3.05) is 5.43 Å². The molecule has 2 rings (SSSR count). The minimum Gasteiger partial charge on any atom is -0.323 e. The molecule has 108 valence electrons. The molecular weight excluding hydrogens is 294 g/mol. The number of hydrogen-bond acceptors (Lipinski definition) is 5. The Balaban J connectivity index is 2.31. The van der Waals surface area contributed by atoms with Crippen molar-refractivity contribution in [2.24, 2.45) is 5.84 Å². The van der Waals surface area contributed by atoms with E-state index in [0.717, 1.165) is 4.88 Å². The third kappa shape index (κ3) is 3.18. The Morgan fingerprint density at radius 3 is 2.60 bits per heavy atom. The van der Waals surface area contributed by atoms with Gasteiger partial charge in [-0.05, 0) is 30.0 Å². The van der Waals surface area contributed by atoms with Gasteiger partial charge in [0, 0.05) is 4.88 Å². The molecule has 0 bridgehead atoms. The molecule has 0 aliphatic rings. The second-order valence-electron chi connectivity index (χ2n) is 4.24. The summed E-state index contributed by atoms with van der Waals surface area (Å²) in [5, 5.41) is 1.93. The van der Waals surface area contributed by atoms with Crippen molar-refractivity contribution < 1.29 is 8.42 Å². The fourth-order valence-corrected chi connectivity index (χ4v) is 4.31. The van der Waals surface area contributed by atoms with Gasteiger partial charge in [0.1, 0.15) is 4.90 Å². The van der Waals surface area contributed by atoms with E-state index in [0.29, 0.717) is 12.1 Å². The number of benzene rings is 1. The lowest BCUT2D eigenvalue weighted by atomic mass is 10.2. The molecule has 1 aromatic carbocycles. The highest BCUT2D eigenvalue weighted by molar-refractivity contribution is 7.89. The van der Waals surface area contributed by atoms with Crippen LogP contribution < -0.4 is 16.0 Å². The summed E-state index contributed by atoms with van der Waals surface area (Å²) >= 11 is 1.53. The first-order valence-corrected chi connectivity index (χ1v) is 8.56. The summed E-state index contributed by atoms with van der Waals surface area (Å²) in [6.07, 6.45) is 0.679. The van der Waals surface area contributed by atoms with E-state index >= 15 is 0 Å². The van der Waals surface area contributed by atoms with Gasteiger partial charge in [-0.15, -0.1) is 11.3 Å². The minimum atomic E-state index is -3.63. The Kier molecular flexibility index (Phi) is 4.77. The zero-order valence-corrected chi connectivity index (χ0v) is 12.7. The molecule has 0 radical (unpaired) electrons. The lowest BCUT2D eigenvalue weighted by Crippen LogP contribution is -2.29. The second kappa shape index (κ2) is 6.36. The van der Waals surface area contributed by atoms with Gasteiger partial charge >= 0.3 is 0 Å². The lowest BCUT2D eigenvalue weighted by Gasteiger charge is -2.17. The number of thiophene rings is 1. The van der Waals surface area contributed by atoms with Gasteiger partial charge in [0.25, 0.3) is 0 Å². The van der Waals surface area contributed by atoms with Crippen molar-refractivity contribution >= 4 is 27.0 Å². The Hall–Kier alpha value is -1.41. The lowest BCUT2D eigenvalue weighted by molar-refractivity contribution is 0.553. The molecule has 0 saturated heterocycles. The van der Waals surface area contributed by atoms with Crippen LogP contribution in [0.25, 0.3) is 0 Å². The summed E-state index contributed by atoms with van der Waals surface area (Å²) in [6, 6.07) is 10.2. The van der Waals surface area contributed by atoms with E-state index in [1.807, 2.05) is 24.4 Å². The number of rotatable bonds is 6. The Bertz CT molecular complexity index is 654. The Morgan fingerprint density at radius 2 is 2.00 bits per heavy atom. The summed E-state index contributed by atoms with van der Waals surface area (Å²) in [5.74, 6) is 5.37. The molecule has 2 aromatic rings. The SMILES string of the molecule is CCC(NS(=O)(=O)c1ccccc1NN)c1cccs1. The molecule has 1 aromatic heterocycles. The van der Waals surface area contributed by atoms with Crippen LogP contribution >= 0.6 is 11.3 Å². The van der Waals surface area contributed by atoms with Crippen LogP contribution in [0.1, 0.15) is 24.3 Å². The zero-order valence-electron chi connectivity index (χ0n) is 11.0. The predicted octanol–water partition coefficient (Wildman–Crippen LogP) is 2.46. The van der Waals surface area contributed by atoms with E-state index < -0.39 is 10.0 Å². The number of anilines is 1. The topological polar surface area (TPSA) is 84.2 Å². The summed E-state index contributed by atoms with van der Waals surface area (Å²) in [4.78, 5) is 1.15. The smallest absolute Gasteiger partial charge is 0.243 e. The normalized spacial score (nSPS) is 13.1. The van der Waals surface area contributed by atoms with Crippen molar-refractivity contribution in [3.05, 3.63) is 46.7 Å². The number of nitrogens with one attached hydrogen (secondary N) is 2. The molecule has 0 amide bonds. The molecule has 5 nitrogen and oxygen atoms in total. The molecule has 0 aliphatic carbocycles. The second-order valence-corrected chi connectivity index (χ2v) is 6.90. The first-order valence-electron chi connectivity index (χ1n) is 6.20. The molecule has 20 heavy (non-hydrogen) atoms. The Morgan fingerprint density at radius 1 is 1.25 bits per heavy atom. The molecule has 1 heterocycles. The molecule has 0 aliphatic heterocycles. The van der Waals surface area contributed by atoms with Gasteiger partial charge in [-0.3, -0.25) is 5.84 Å². The third-order valence-electron chi connectivity index (χ3n) is 2.92. The molecule has 4 N–H and O–H groups in total. The quantitative estimate of drug-likeness (QED) is 0.565. The molecular formula is C13H17N3O2S2. The van der Waals surface area contributed by atoms with Crippen molar-refractivity contribution in [1.82, 2.24) is 4.72 Å². The maximum absolute atomic E-state index is 12.5. The third-order valence-corrected chi connectivity index (χ3v) is 5.44. The first kappa shape index (κ1) is 15.0. The largest absolute Gasteiger partial charge is 0.323 e. The van der Waals surface area contributed by atoms with E-state index in [9.17, 15) is 8.42 Å². The van der Waals surface area contributed by atoms with E-state index in [-0.39, 0.29) is 10.9 Å². The highest BCUT2D eigenvalue weighted by atomic mass is 32.2. The molecule has 0 saturated carbocycles. The molecule has 1 unspecified atom stereocenters. The fraction of sp³-hybridized carbons (Fsp3) is 0.231. The number of hydrazine groups is 1. The van der Waals surface area contributed by atoms with E-state index in [1.54, 1.807) is 18.2 Å². The first-order chi connectivity index (χ1) is 9.58. The van der Waals surface area contributed by atoms with E-state index in [4.69, 9.17) is 5.84 Å². The van der Waals surface area contributed by atoms with Crippen molar-refractivity contribution in [3.63, 3.8) is 0 Å². The molecule has 0 fully saturated rings. The maximum atomic E-state index is 12.5. The van der Waals surface area contributed by atoms with Gasteiger partial charge < -0.3 is 5.43 Å². The van der Waals surface area contributed by atoms with Gasteiger partial charge in [0.15, 0.2) is 0 Å².